The van der Waals surface area contributed by atoms with Gasteiger partial charge >= 0.3 is 6.18 Å². The van der Waals surface area contributed by atoms with Crippen molar-refractivity contribution in [1.29, 1.82) is 0 Å². The molecule has 0 unspecified atom stereocenters. The van der Waals surface area contributed by atoms with E-state index >= 15 is 0 Å². The lowest BCUT2D eigenvalue weighted by Gasteiger charge is -2.07. The lowest BCUT2D eigenvalue weighted by Crippen LogP contribution is -2.21. The van der Waals surface area contributed by atoms with Crippen molar-refractivity contribution in [2.45, 2.75) is 12.6 Å². The summed E-state index contributed by atoms with van der Waals surface area (Å²) >= 11 is 3.12. The summed E-state index contributed by atoms with van der Waals surface area (Å²) in [4.78, 5) is 11.3. The van der Waals surface area contributed by atoms with Gasteiger partial charge in [-0.1, -0.05) is 15.9 Å². The molecule has 7 heteroatoms. The summed E-state index contributed by atoms with van der Waals surface area (Å²) in [6.07, 6.45) is -4.64. The minimum absolute atomic E-state index is 0.184. The van der Waals surface area contributed by atoms with Crippen LogP contribution in [-0.4, -0.2) is 25.2 Å². The third kappa shape index (κ3) is 5.59. The summed E-state index contributed by atoms with van der Waals surface area (Å²) in [5.41, 5.74) is 0.371. The van der Waals surface area contributed by atoms with Crippen molar-refractivity contribution in [3.05, 3.63) is 34.1 Å². The predicted octanol–water partition coefficient (Wildman–Crippen LogP) is 3.28. The van der Waals surface area contributed by atoms with Crippen LogP contribution in [0.4, 0.5) is 17.6 Å². The van der Waals surface area contributed by atoms with E-state index in [-0.39, 0.29) is 6.42 Å². The molecule has 100 valence electrons. The fraction of sp³-hybridized carbons (Fsp3) is 0.364. The van der Waals surface area contributed by atoms with E-state index in [0.29, 0.717) is 10.0 Å². The highest BCUT2D eigenvalue weighted by Gasteiger charge is 2.27. The van der Waals surface area contributed by atoms with Gasteiger partial charge in [0.05, 0.1) is 0 Å². The molecule has 0 spiro atoms. The first kappa shape index (κ1) is 15.1. The van der Waals surface area contributed by atoms with E-state index in [4.69, 9.17) is 0 Å². The molecule has 18 heavy (non-hydrogen) atoms. The van der Waals surface area contributed by atoms with Crippen LogP contribution < -0.4 is 0 Å². The molecule has 0 heterocycles. The number of hydrogen-bond acceptors (Lipinski definition) is 2. The van der Waals surface area contributed by atoms with Crippen molar-refractivity contribution in [1.82, 2.24) is 0 Å². The zero-order valence-electron chi connectivity index (χ0n) is 9.06. The van der Waals surface area contributed by atoms with Crippen LogP contribution in [0.3, 0.4) is 0 Å². The second-order valence-electron chi connectivity index (χ2n) is 3.56. The van der Waals surface area contributed by atoms with Crippen LogP contribution in [0.5, 0.6) is 0 Å². The highest BCUT2D eigenvalue weighted by molar-refractivity contribution is 9.10. The largest absolute Gasteiger partial charge is 0.411 e. The Kier molecular flexibility index (Phi) is 5.28. The molecule has 1 aromatic carbocycles. The molecule has 0 saturated carbocycles. The number of benzene rings is 1. The number of Topliss-reactive ketones (excluding diaryl/α,β-unsaturated/α-hetero) is 1. The zero-order valence-corrected chi connectivity index (χ0v) is 10.6. The van der Waals surface area contributed by atoms with Crippen molar-refractivity contribution in [3.63, 3.8) is 0 Å². The molecule has 0 aliphatic heterocycles. The van der Waals surface area contributed by atoms with Crippen molar-refractivity contribution >= 4 is 21.7 Å². The Labute approximate surface area is 109 Å². The van der Waals surface area contributed by atoms with Crippen LogP contribution in [0.1, 0.15) is 5.56 Å². The van der Waals surface area contributed by atoms with Gasteiger partial charge in [0.1, 0.15) is 19.0 Å². The van der Waals surface area contributed by atoms with Crippen LogP contribution in [0.2, 0.25) is 0 Å². The van der Waals surface area contributed by atoms with Gasteiger partial charge in [-0.3, -0.25) is 4.79 Å². The monoisotopic (exact) mass is 328 g/mol. The first-order valence-electron chi connectivity index (χ1n) is 4.88. The molecule has 0 bridgehead atoms. The van der Waals surface area contributed by atoms with Gasteiger partial charge in [-0.15, -0.1) is 0 Å². The molecule has 0 saturated heterocycles. The van der Waals surface area contributed by atoms with Crippen LogP contribution in [0.25, 0.3) is 0 Å². The van der Waals surface area contributed by atoms with Gasteiger partial charge in [0.25, 0.3) is 0 Å². The summed E-state index contributed by atoms with van der Waals surface area (Å²) in [5.74, 6) is -1.07. The van der Waals surface area contributed by atoms with Gasteiger partial charge in [0.15, 0.2) is 5.78 Å². The average Bonchev–Trinajstić information content (AvgIpc) is 2.21. The Hall–Kier alpha value is -0.950. The Morgan fingerprint density at radius 2 is 2.00 bits per heavy atom. The van der Waals surface area contributed by atoms with Gasteiger partial charge in [-0.05, 0) is 23.8 Å². The molecule has 0 N–H and O–H groups in total. The van der Waals surface area contributed by atoms with Gasteiger partial charge < -0.3 is 4.74 Å². The van der Waals surface area contributed by atoms with Crippen LogP contribution in [0.15, 0.2) is 22.7 Å². The van der Waals surface area contributed by atoms with Crippen molar-refractivity contribution in [2.75, 3.05) is 13.2 Å². The van der Waals surface area contributed by atoms with Crippen LogP contribution in [-0.2, 0) is 16.0 Å². The third-order valence-corrected chi connectivity index (χ3v) is 2.70. The normalized spacial score (nSPS) is 11.6. The molecule has 0 amide bonds. The van der Waals surface area contributed by atoms with Crippen LogP contribution in [0, 0.1) is 5.82 Å². The fourth-order valence-electron chi connectivity index (χ4n) is 1.22. The maximum Gasteiger partial charge on any atom is 0.411 e. The molecule has 0 aromatic heterocycles. The SMILES string of the molecule is O=C(COCC(F)(F)F)Cc1cc(F)ccc1Br. The van der Waals surface area contributed by atoms with Crippen LogP contribution >= 0.6 is 15.9 Å². The zero-order chi connectivity index (χ0) is 13.8. The standard InChI is InChI=1S/C11H9BrF4O2/c12-10-2-1-8(13)3-7(10)4-9(17)5-18-6-11(14,15)16/h1-3H,4-6H2. The number of hydrogen-bond donors (Lipinski definition) is 0. The van der Waals surface area contributed by atoms with Crippen molar-refractivity contribution in [2.24, 2.45) is 0 Å². The quantitative estimate of drug-likeness (QED) is 0.775. The minimum atomic E-state index is -4.46. The Bertz CT molecular complexity index is 432. The van der Waals surface area contributed by atoms with Gasteiger partial charge in [0.2, 0.25) is 0 Å². The smallest absolute Gasteiger partial charge is 0.364 e. The molecule has 0 aliphatic carbocycles. The summed E-state index contributed by atoms with van der Waals surface area (Å²) < 4.78 is 52.9. The maximum atomic E-state index is 12.9. The Morgan fingerprint density at radius 3 is 2.61 bits per heavy atom. The lowest BCUT2D eigenvalue weighted by atomic mass is 10.1. The number of halogens is 5. The van der Waals surface area contributed by atoms with E-state index < -0.39 is 31.0 Å². The lowest BCUT2D eigenvalue weighted by molar-refractivity contribution is -0.175. The number of carbonyl (C=O) groups is 1. The van der Waals surface area contributed by atoms with E-state index in [1.807, 2.05) is 0 Å². The molecule has 0 aliphatic rings. The van der Waals surface area contributed by atoms with Crippen molar-refractivity contribution < 1.29 is 27.1 Å². The average molecular weight is 329 g/mol. The topological polar surface area (TPSA) is 26.3 Å². The third-order valence-electron chi connectivity index (χ3n) is 1.92. The van der Waals surface area contributed by atoms with E-state index in [9.17, 15) is 22.4 Å². The van der Waals surface area contributed by atoms with E-state index in [0.717, 1.165) is 6.07 Å². The molecule has 1 aromatic rings. The number of ketones is 1. The molecular formula is C11H9BrF4O2. The van der Waals surface area contributed by atoms with E-state index in [1.165, 1.54) is 12.1 Å². The Balaban J connectivity index is 2.47. The van der Waals surface area contributed by atoms with Gasteiger partial charge in [0, 0.05) is 10.9 Å². The predicted molar refractivity (Wildman–Crippen MR) is 59.7 cm³/mol. The number of carbonyl (C=O) groups excluding carboxylic acids is 1. The minimum Gasteiger partial charge on any atom is -0.364 e. The molecular weight excluding hydrogens is 320 g/mol. The number of alkyl halides is 3. The van der Waals surface area contributed by atoms with Gasteiger partial charge in [-0.2, -0.15) is 13.2 Å². The number of ether oxygens (including phenoxy) is 1. The maximum absolute atomic E-state index is 12.9. The summed E-state index contributed by atoms with van der Waals surface area (Å²) in [5, 5.41) is 0. The molecule has 0 atom stereocenters. The van der Waals surface area contributed by atoms with Crippen molar-refractivity contribution in [3.8, 4) is 0 Å². The molecule has 0 radical (unpaired) electrons. The molecule has 0 fully saturated rings. The number of rotatable bonds is 5. The fourth-order valence-corrected chi connectivity index (χ4v) is 1.61. The van der Waals surface area contributed by atoms with E-state index in [2.05, 4.69) is 20.7 Å². The first-order chi connectivity index (χ1) is 8.28. The summed E-state index contributed by atoms with van der Waals surface area (Å²) in [7, 11) is 0. The highest BCUT2D eigenvalue weighted by Crippen LogP contribution is 2.19. The second-order valence-corrected chi connectivity index (χ2v) is 4.41. The highest BCUT2D eigenvalue weighted by atomic mass is 79.9. The molecule has 1 rings (SSSR count). The van der Waals surface area contributed by atoms with Gasteiger partial charge in [-0.25, -0.2) is 4.39 Å². The Morgan fingerprint density at radius 1 is 1.33 bits per heavy atom. The second kappa shape index (κ2) is 6.29. The first-order valence-corrected chi connectivity index (χ1v) is 5.67. The summed E-state index contributed by atoms with van der Waals surface area (Å²) in [6, 6.07) is 3.78. The summed E-state index contributed by atoms with van der Waals surface area (Å²) in [6.45, 7) is -2.12. The van der Waals surface area contributed by atoms with E-state index in [1.54, 1.807) is 0 Å². The molecule has 2 nitrogen and oxygen atoms in total.